The molecule has 8 heteroatoms. The van der Waals surface area contributed by atoms with E-state index in [-0.39, 0.29) is 0 Å². The molecule has 0 radical (unpaired) electrons. The molecule has 2 aliphatic heterocycles. The van der Waals surface area contributed by atoms with Crippen molar-refractivity contribution in [3.63, 3.8) is 0 Å². The molecule has 164 valence electrons. The molecule has 0 amide bonds. The molecule has 0 spiro atoms. The van der Waals surface area contributed by atoms with Crippen molar-refractivity contribution in [3.8, 4) is 5.13 Å². The van der Waals surface area contributed by atoms with E-state index >= 15 is 0 Å². The van der Waals surface area contributed by atoms with Gasteiger partial charge in [0.05, 0.1) is 0 Å². The first-order valence-electron chi connectivity index (χ1n) is 11.7. The Bertz CT molecular complexity index is 796. The first kappa shape index (κ1) is 20.4. The lowest BCUT2D eigenvalue weighted by atomic mass is 9.94. The lowest BCUT2D eigenvalue weighted by Crippen LogP contribution is -2.50. The van der Waals surface area contributed by atoms with Crippen molar-refractivity contribution in [2.24, 2.45) is 0 Å². The molecular weight excluding hydrogens is 394 g/mol. The van der Waals surface area contributed by atoms with Gasteiger partial charge in [-0.05, 0) is 32.0 Å². The Morgan fingerprint density at radius 2 is 1.63 bits per heavy atom. The third-order valence-corrected chi connectivity index (χ3v) is 8.08. The Hall–Kier alpha value is -1.48. The van der Waals surface area contributed by atoms with Gasteiger partial charge in [-0.3, -0.25) is 14.4 Å². The highest BCUT2D eigenvalue weighted by molar-refractivity contribution is 7.17. The van der Waals surface area contributed by atoms with Gasteiger partial charge in [-0.2, -0.15) is 0 Å². The quantitative estimate of drug-likeness (QED) is 0.728. The standard InChI is InChI=1S/C22H35N7S/c1-25-10-14-28(15-11-25)21-23-24-22(30-21)29-9-5-8-20(29)18-26-12-16-27(17-13-26)19-6-3-2-4-7-19/h5,8-9,19H,2-4,6-7,10-18H2,1H3. The topological polar surface area (TPSA) is 43.7 Å². The van der Waals surface area contributed by atoms with Crippen LogP contribution in [0.15, 0.2) is 18.3 Å². The van der Waals surface area contributed by atoms with Gasteiger partial charge in [-0.15, -0.1) is 10.2 Å². The molecule has 30 heavy (non-hydrogen) atoms. The zero-order chi connectivity index (χ0) is 20.3. The van der Waals surface area contributed by atoms with E-state index in [1.807, 2.05) is 0 Å². The number of anilines is 1. The number of piperazine rings is 2. The third kappa shape index (κ3) is 4.56. The van der Waals surface area contributed by atoms with Crippen LogP contribution >= 0.6 is 11.3 Å². The average molecular weight is 430 g/mol. The largest absolute Gasteiger partial charge is 0.344 e. The minimum atomic E-state index is 0.846. The molecule has 3 fully saturated rings. The number of hydrogen-bond donors (Lipinski definition) is 0. The zero-order valence-corrected chi connectivity index (χ0v) is 19.1. The number of rotatable bonds is 5. The maximum atomic E-state index is 4.53. The van der Waals surface area contributed by atoms with Gasteiger partial charge in [-0.1, -0.05) is 30.6 Å². The summed E-state index contributed by atoms with van der Waals surface area (Å²) < 4.78 is 2.24. The van der Waals surface area contributed by atoms with Crippen LogP contribution in [0.2, 0.25) is 0 Å². The molecule has 0 aromatic carbocycles. The summed E-state index contributed by atoms with van der Waals surface area (Å²) in [6, 6.07) is 5.23. The minimum absolute atomic E-state index is 0.846. The van der Waals surface area contributed by atoms with Crippen LogP contribution in [0.5, 0.6) is 0 Å². The van der Waals surface area contributed by atoms with Crippen molar-refractivity contribution >= 4 is 16.5 Å². The molecule has 2 saturated heterocycles. The zero-order valence-electron chi connectivity index (χ0n) is 18.2. The Morgan fingerprint density at radius 1 is 0.900 bits per heavy atom. The lowest BCUT2D eigenvalue weighted by molar-refractivity contribution is 0.0747. The molecule has 3 aliphatic rings. The highest BCUT2D eigenvalue weighted by atomic mass is 32.1. The van der Waals surface area contributed by atoms with Crippen LogP contribution in [0.3, 0.4) is 0 Å². The Labute approximate surface area is 184 Å². The summed E-state index contributed by atoms with van der Waals surface area (Å²) >= 11 is 1.72. The van der Waals surface area contributed by atoms with Gasteiger partial charge >= 0.3 is 0 Å². The van der Waals surface area contributed by atoms with Gasteiger partial charge in [0.2, 0.25) is 10.3 Å². The second-order valence-electron chi connectivity index (χ2n) is 9.13. The van der Waals surface area contributed by atoms with Gasteiger partial charge in [0.25, 0.3) is 0 Å². The lowest BCUT2D eigenvalue weighted by Gasteiger charge is -2.40. The summed E-state index contributed by atoms with van der Waals surface area (Å²) in [5.74, 6) is 0. The van der Waals surface area contributed by atoms with Crippen LogP contribution in [-0.4, -0.2) is 94.9 Å². The van der Waals surface area contributed by atoms with Crippen molar-refractivity contribution in [2.75, 3.05) is 64.3 Å². The van der Waals surface area contributed by atoms with Crippen molar-refractivity contribution in [3.05, 3.63) is 24.0 Å². The molecule has 2 aromatic rings. The maximum Gasteiger partial charge on any atom is 0.218 e. The fourth-order valence-corrected chi connectivity index (χ4v) is 6.04. The van der Waals surface area contributed by atoms with Crippen molar-refractivity contribution < 1.29 is 0 Å². The van der Waals surface area contributed by atoms with Crippen molar-refractivity contribution in [2.45, 2.75) is 44.7 Å². The smallest absolute Gasteiger partial charge is 0.218 e. The molecule has 2 aromatic heterocycles. The van der Waals surface area contributed by atoms with Gasteiger partial charge in [0.1, 0.15) is 0 Å². The molecular formula is C22H35N7S. The normalized spacial score (nSPS) is 23.3. The molecule has 0 atom stereocenters. The summed E-state index contributed by atoms with van der Waals surface area (Å²) in [5.41, 5.74) is 1.32. The van der Waals surface area contributed by atoms with E-state index < -0.39 is 0 Å². The monoisotopic (exact) mass is 429 g/mol. The molecule has 1 aliphatic carbocycles. The molecule has 4 heterocycles. The Morgan fingerprint density at radius 3 is 2.40 bits per heavy atom. The maximum absolute atomic E-state index is 4.53. The van der Waals surface area contributed by atoms with E-state index in [1.54, 1.807) is 11.3 Å². The fraction of sp³-hybridized carbons (Fsp3) is 0.727. The summed E-state index contributed by atoms with van der Waals surface area (Å²) in [4.78, 5) is 10.1. The molecule has 1 saturated carbocycles. The van der Waals surface area contributed by atoms with Crippen molar-refractivity contribution in [1.29, 1.82) is 0 Å². The van der Waals surface area contributed by atoms with Crippen LogP contribution in [0.1, 0.15) is 37.8 Å². The van der Waals surface area contributed by atoms with E-state index in [2.05, 4.69) is 59.7 Å². The highest BCUT2D eigenvalue weighted by Crippen LogP contribution is 2.27. The van der Waals surface area contributed by atoms with E-state index in [4.69, 9.17) is 0 Å². The van der Waals surface area contributed by atoms with Gasteiger partial charge < -0.3 is 9.80 Å². The van der Waals surface area contributed by atoms with Crippen LogP contribution in [-0.2, 0) is 6.54 Å². The van der Waals surface area contributed by atoms with Gasteiger partial charge in [0, 0.05) is 76.8 Å². The molecule has 0 unspecified atom stereocenters. The summed E-state index contributed by atoms with van der Waals surface area (Å²) in [5, 5.41) is 11.1. The Balaban J connectivity index is 1.19. The Kier molecular flexibility index (Phi) is 6.36. The minimum Gasteiger partial charge on any atom is -0.344 e. The molecule has 7 nitrogen and oxygen atoms in total. The molecule has 5 rings (SSSR count). The van der Waals surface area contributed by atoms with Crippen LogP contribution < -0.4 is 4.90 Å². The number of nitrogens with zero attached hydrogens (tertiary/aromatic N) is 7. The van der Waals surface area contributed by atoms with Gasteiger partial charge in [0.15, 0.2) is 0 Å². The van der Waals surface area contributed by atoms with E-state index in [0.29, 0.717) is 0 Å². The average Bonchev–Trinajstić information content (AvgIpc) is 3.45. The van der Waals surface area contributed by atoms with Gasteiger partial charge in [-0.25, -0.2) is 0 Å². The van der Waals surface area contributed by atoms with E-state index in [1.165, 1.54) is 64.0 Å². The third-order valence-electron chi connectivity index (χ3n) is 7.10. The van der Waals surface area contributed by atoms with E-state index in [0.717, 1.165) is 49.0 Å². The fourth-order valence-electron chi connectivity index (χ4n) is 5.12. The summed E-state index contributed by atoms with van der Waals surface area (Å²) in [6.45, 7) is 10.0. The highest BCUT2D eigenvalue weighted by Gasteiger charge is 2.26. The summed E-state index contributed by atoms with van der Waals surface area (Å²) in [6.07, 6.45) is 9.26. The predicted octanol–water partition coefficient (Wildman–Crippen LogP) is 2.53. The van der Waals surface area contributed by atoms with Crippen molar-refractivity contribution in [1.82, 2.24) is 29.5 Å². The second kappa shape index (κ2) is 9.34. The van der Waals surface area contributed by atoms with Crippen LogP contribution in [0, 0.1) is 0 Å². The van der Waals surface area contributed by atoms with E-state index in [9.17, 15) is 0 Å². The number of aromatic nitrogens is 3. The number of hydrogen-bond acceptors (Lipinski definition) is 7. The number of likely N-dealkylation sites (N-methyl/N-ethyl adjacent to an activating group) is 1. The second-order valence-corrected chi connectivity index (χ2v) is 10.1. The van der Waals surface area contributed by atoms with Crippen LogP contribution in [0.25, 0.3) is 5.13 Å². The molecule has 0 bridgehead atoms. The van der Waals surface area contributed by atoms with Crippen LogP contribution in [0.4, 0.5) is 5.13 Å². The summed E-state index contributed by atoms with van der Waals surface area (Å²) in [7, 11) is 2.18. The predicted molar refractivity (Wildman–Crippen MR) is 123 cm³/mol. The first-order valence-corrected chi connectivity index (χ1v) is 12.5. The first-order chi connectivity index (χ1) is 14.8. The molecule has 0 N–H and O–H groups in total. The SMILES string of the molecule is CN1CCN(c2nnc(-n3cccc3CN3CCN(C4CCCCC4)CC3)s2)CC1.